The fourth-order valence-electron chi connectivity index (χ4n) is 3.42. The molecule has 1 saturated heterocycles. The monoisotopic (exact) mass is 369 g/mol. The molecule has 0 saturated carbocycles. The Balaban J connectivity index is 1.69. The summed E-state index contributed by atoms with van der Waals surface area (Å²) in [4.78, 5) is 14.1. The van der Waals surface area contributed by atoms with Crippen LogP contribution in [0.25, 0.3) is 0 Å². The molecule has 0 amide bonds. The van der Waals surface area contributed by atoms with Crippen LogP contribution in [0.4, 0.5) is 0 Å². The quantitative estimate of drug-likeness (QED) is 0.580. The molecule has 0 aliphatic carbocycles. The number of hydrogen-bond acceptors (Lipinski definition) is 4. The lowest BCUT2D eigenvalue weighted by Gasteiger charge is -2.36. The fraction of sp³-hybridized carbons (Fsp3) is 0.409. The molecular weight excluding hydrogens is 342 g/mol. The van der Waals surface area contributed by atoms with Gasteiger partial charge in [0.2, 0.25) is 0 Å². The Bertz CT molecular complexity index is 724. The smallest absolute Gasteiger partial charge is 0.338 e. The van der Waals surface area contributed by atoms with E-state index in [1.54, 1.807) is 11.8 Å². The van der Waals surface area contributed by atoms with Crippen molar-refractivity contribution in [2.45, 2.75) is 42.9 Å². The highest BCUT2D eigenvalue weighted by Crippen LogP contribution is 2.31. The van der Waals surface area contributed by atoms with Crippen LogP contribution >= 0.6 is 11.8 Å². The lowest BCUT2D eigenvalue weighted by Crippen LogP contribution is -2.42. The van der Waals surface area contributed by atoms with Crippen molar-refractivity contribution in [2.75, 3.05) is 13.1 Å². The minimum absolute atomic E-state index is 0.210. The van der Waals surface area contributed by atoms with Gasteiger partial charge in [-0.2, -0.15) is 0 Å². The Kier molecular flexibility index (Phi) is 6.38. The van der Waals surface area contributed by atoms with Gasteiger partial charge in [-0.15, -0.1) is 11.8 Å². The number of piperidine rings is 1. The van der Waals surface area contributed by atoms with E-state index in [-0.39, 0.29) is 5.97 Å². The molecule has 0 unspecified atom stereocenters. The number of benzene rings is 2. The molecule has 1 N–H and O–H groups in total. The summed E-state index contributed by atoms with van der Waals surface area (Å²) < 4.78 is 5.98. The number of nitrogens with one attached hydrogen (secondary N) is 1. The summed E-state index contributed by atoms with van der Waals surface area (Å²) in [6.45, 7) is 6.08. The van der Waals surface area contributed by atoms with E-state index < -0.39 is 5.60 Å². The van der Waals surface area contributed by atoms with Crippen molar-refractivity contribution in [2.24, 2.45) is 5.92 Å². The molecule has 4 heteroatoms. The van der Waals surface area contributed by atoms with Gasteiger partial charge in [-0.3, -0.25) is 0 Å². The Morgan fingerprint density at radius 3 is 2.46 bits per heavy atom. The first kappa shape index (κ1) is 19.0. The number of carbonyl (C=O) groups is 1. The number of esters is 1. The molecule has 138 valence electrons. The van der Waals surface area contributed by atoms with Crippen molar-refractivity contribution >= 4 is 17.7 Å². The minimum Gasteiger partial charge on any atom is -0.456 e. The van der Waals surface area contributed by atoms with Crippen LogP contribution in [0.1, 0.15) is 42.6 Å². The zero-order chi connectivity index (χ0) is 18.4. The third-order valence-corrected chi connectivity index (χ3v) is 6.11. The first-order chi connectivity index (χ1) is 12.6. The summed E-state index contributed by atoms with van der Waals surface area (Å²) in [6.07, 6.45) is 2.09. The SMILES string of the molecule is CC(C)(OC(=O)c1ccccc1CSc1ccccc1)C1CCNCC1. The van der Waals surface area contributed by atoms with Gasteiger partial charge >= 0.3 is 5.97 Å². The second-order valence-corrected chi connectivity index (χ2v) is 8.32. The van der Waals surface area contributed by atoms with Crippen LogP contribution in [0.3, 0.4) is 0 Å². The van der Waals surface area contributed by atoms with E-state index in [0.29, 0.717) is 11.5 Å². The molecule has 2 aromatic rings. The Labute approximate surface area is 160 Å². The standard InChI is InChI=1S/C22H27NO2S/c1-22(2,18-12-14-23-15-13-18)25-21(24)20-11-7-6-8-17(20)16-26-19-9-4-3-5-10-19/h3-11,18,23H,12-16H2,1-2H3. The molecule has 26 heavy (non-hydrogen) atoms. The largest absolute Gasteiger partial charge is 0.456 e. The number of ether oxygens (including phenoxy) is 1. The highest BCUT2D eigenvalue weighted by Gasteiger charge is 2.34. The summed E-state index contributed by atoms with van der Waals surface area (Å²) in [5.41, 5.74) is 1.25. The van der Waals surface area contributed by atoms with E-state index in [9.17, 15) is 4.79 Å². The Hall–Kier alpha value is -1.78. The van der Waals surface area contributed by atoms with E-state index in [2.05, 4.69) is 17.4 Å². The van der Waals surface area contributed by atoms with E-state index in [1.807, 2.05) is 56.3 Å². The molecule has 0 spiro atoms. The second-order valence-electron chi connectivity index (χ2n) is 7.28. The predicted octanol–water partition coefficient (Wildman–Crippen LogP) is 4.91. The normalized spacial score (nSPS) is 15.6. The highest BCUT2D eigenvalue weighted by molar-refractivity contribution is 7.98. The van der Waals surface area contributed by atoms with Gasteiger partial charge in [-0.05, 0) is 63.5 Å². The summed E-state index contributed by atoms with van der Waals surface area (Å²) >= 11 is 1.74. The molecule has 1 aliphatic heterocycles. The molecule has 3 rings (SSSR count). The van der Waals surface area contributed by atoms with E-state index >= 15 is 0 Å². The maximum atomic E-state index is 12.9. The van der Waals surface area contributed by atoms with Crippen molar-refractivity contribution in [3.63, 3.8) is 0 Å². The molecule has 0 aromatic heterocycles. The van der Waals surface area contributed by atoms with Gasteiger partial charge in [-0.25, -0.2) is 4.79 Å². The molecular formula is C22H27NO2S. The van der Waals surface area contributed by atoms with Gasteiger partial charge in [0, 0.05) is 16.6 Å². The maximum Gasteiger partial charge on any atom is 0.338 e. The van der Waals surface area contributed by atoms with Crippen LogP contribution in [0, 0.1) is 5.92 Å². The van der Waals surface area contributed by atoms with Crippen LogP contribution < -0.4 is 5.32 Å². The Morgan fingerprint density at radius 2 is 1.73 bits per heavy atom. The van der Waals surface area contributed by atoms with Gasteiger partial charge < -0.3 is 10.1 Å². The summed E-state index contributed by atoms with van der Waals surface area (Å²) in [5.74, 6) is 0.944. The van der Waals surface area contributed by atoms with Gasteiger partial charge in [0.1, 0.15) is 5.60 Å². The number of rotatable bonds is 6. The van der Waals surface area contributed by atoms with Crippen molar-refractivity contribution < 1.29 is 9.53 Å². The summed E-state index contributed by atoms with van der Waals surface area (Å²) in [6, 6.07) is 18.0. The third-order valence-electron chi connectivity index (χ3n) is 5.05. The van der Waals surface area contributed by atoms with Crippen LogP contribution in [0.5, 0.6) is 0 Å². The van der Waals surface area contributed by atoms with Gasteiger partial charge in [0.05, 0.1) is 5.56 Å². The van der Waals surface area contributed by atoms with Crippen LogP contribution in [0.15, 0.2) is 59.5 Å². The summed E-state index contributed by atoms with van der Waals surface area (Å²) in [7, 11) is 0. The fourth-order valence-corrected chi connectivity index (χ4v) is 4.34. The van der Waals surface area contributed by atoms with E-state index in [4.69, 9.17) is 4.74 Å². The lowest BCUT2D eigenvalue weighted by atomic mass is 9.83. The molecule has 0 atom stereocenters. The average molecular weight is 370 g/mol. The maximum absolute atomic E-state index is 12.9. The zero-order valence-electron chi connectivity index (χ0n) is 15.5. The van der Waals surface area contributed by atoms with Crippen LogP contribution in [-0.2, 0) is 10.5 Å². The topological polar surface area (TPSA) is 38.3 Å². The minimum atomic E-state index is -0.446. The highest BCUT2D eigenvalue weighted by atomic mass is 32.2. The van der Waals surface area contributed by atoms with Gasteiger partial charge in [0.15, 0.2) is 0 Å². The molecule has 2 aromatic carbocycles. The van der Waals surface area contributed by atoms with Crippen molar-refractivity contribution in [1.29, 1.82) is 0 Å². The van der Waals surface area contributed by atoms with Gasteiger partial charge in [0.25, 0.3) is 0 Å². The number of thioether (sulfide) groups is 1. The van der Waals surface area contributed by atoms with Crippen molar-refractivity contribution in [1.82, 2.24) is 5.32 Å². The first-order valence-electron chi connectivity index (χ1n) is 9.26. The molecule has 1 aliphatic rings. The average Bonchev–Trinajstić information content (AvgIpc) is 2.68. The van der Waals surface area contributed by atoms with Crippen molar-refractivity contribution in [3.8, 4) is 0 Å². The predicted molar refractivity (Wildman–Crippen MR) is 108 cm³/mol. The van der Waals surface area contributed by atoms with Crippen LogP contribution in [0.2, 0.25) is 0 Å². The molecule has 0 radical (unpaired) electrons. The molecule has 1 heterocycles. The zero-order valence-corrected chi connectivity index (χ0v) is 16.4. The van der Waals surface area contributed by atoms with Crippen LogP contribution in [-0.4, -0.2) is 24.7 Å². The lowest BCUT2D eigenvalue weighted by molar-refractivity contribution is -0.0368. The Morgan fingerprint density at radius 1 is 1.08 bits per heavy atom. The summed E-state index contributed by atoms with van der Waals surface area (Å²) in [5, 5.41) is 3.37. The van der Waals surface area contributed by atoms with Gasteiger partial charge in [-0.1, -0.05) is 36.4 Å². The molecule has 0 bridgehead atoms. The van der Waals surface area contributed by atoms with Crippen molar-refractivity contribution in [3.05, 3.63) is 65.7 Å². The number of hydrogen-bond donors (Lipinski definition) is 1. The second kappa shape index (κ2) is 8.74. The van der Waals surface area contributed by atoms with E-state index in [0.717, 1.165) is 37.2 Å². The number of carbonyl (C=O) groups excluding carboxylic acids is 1. The van der Waals surface area contributed by atoms with E-state index in [1.165, 1.54) is 4.90 Å². The first-order valence-corrected chi connectivity index (χ1v) is 10.2. The molecule has 3 nitrogen and oxygen atoms in total. The molecule has 1 fully saturated rings. The third kappa shape index (κ3) is 4.89.